The third-order valence-electron chi connectivity index (χ3n) is 4.09. The van der Waals surface area contributed by atoms with Crippen LogP contribution in [0.3, 0.4) is 0 Å². The third-order valence-corrected chi connectivity index (χ3v) is 4.09. The fourth-order valence-electron chi connectivity index (χ4n) is 2.64. The predicted molar refractivity (Wildman–Crippen MR) is 87.8 cm³/mol. The molecule has 1 amide bonds. The highest BCUT2D eigenvalue weighted by atomic mass is 16.2. The number of aromatic amines is 1. The summed E-state index contributed by atoms with van der Waals surface area (Å²) in [5, 5.41) is 7.17. The molecule has 128 valence electrons. The van der Waals surface area contributed by atoms with E-state index in [4.69, 9.17) is 0 Å². The number of amides is 1. The summed E-state index contributed by atoms with van der Waals surface area (Å²) < 4.78 is 3.33. The maximum absolute atomic E-state index is 11.8. The van der Waals surface area contributed by atoms with Gasteiger partial charge < -0.3 is 9.88 Å². The average molecular weight is 331 g/mol. The van der Waals surface area contributed by atoms with Gasteiger partial charge in [0.15, 0.2) is 0 Å². The molecule has 2 heterocycles. The Morgan fingerprint density at radius 2 is 2.12 bits per heavy atom. The quantitative estimate of drug-likeness (QED) is 0.675. The first-order valence-corrected chi connectivity index (χ1v) is 8.21. The molecule has 1 aliphatic rings. The maximum atomic E-state index is 11.8. The molecule has 1 saturated carbocycles. The van der Waals surface area contributed by atoms with Crippen molar-refractivity contribution in [1.82, 2.24) is 24.6 Å². The summed E-state index contributed by atoms with van der Waals surface area (Å²) in [6, 6.07) is 3.33. The molecule has 0 aromatic carbocycles. The van der Waals surface area contributed by atoms with Gasteiger partial charge in [0, 0.05) is 56.1 Å². The van der Waals surface area contributed by atoms with Crippen LogP contribution in [0.15, 0.2) is 34.1 Å². The number of rotatable bonds is 8. The molecule has 2 N–H and O–H groups in total. The minimum absolute atomic E-state index is 0.115. The molecule has 0 saturated heterocycles. The van der Waals surface area contributed by atoms with E-state index in [1.807, 2.05) is 10.9 Å². The molecule has 3 rings (SSSR count). The van der Waals surface area contributed by atoms with Crippen molar-refractivity contribution in [1.29, 1.82) is 0 Å². The average Bonchev–Trinajstić information content (AvgIpc) is 3.29. The van der Waals surface area contributed by atoms with Crippen molar-refractivity contribution in [2.24, 2.45) is 0 Å². The predicted octanol–water partition coefficient (Wildman–Crippen LogP) is 0.207. The van der Waals surface area contributed by atoms with Gasteiger partial charge in [-0.25, -0.2) is 4.79 Å². The summed E-state index contributed by atoms with van der Waals surface area (Å²) in [6.07, 6.45) is 6.71. The lowest BCUT2D eigenvalue weighted by atomic mass is 10.3. The Hall–Kier alpha value is -2.64. The molecule has 0 bridgehead atoms. The van der Waals surface area contributed by atoms with Crippen molar-refractivity contribution in [3.05, 3.63) is 51.1 Å². The summed E-state index contributed by atoms with van der Waals surface area (Å²) >= 11 is 0. The summed E-state index contributed by atoms with van der Waals surface area (Å²) in [5.41, 5.74) is 0.352. The van der Waals surface area contributed by atoms with E-state index in [0.29, 0.717) is 12.5 Å². The number of hydrogen-bond acceptors (Lipinski definition) is 4. The number of hydrogen-bond donors (Lipinski definition) is 2. The molecule has 24 heavy (non-hydrogen) atoms. The van der Waals surface area contributed by atoms with Gasteiger partial charge in [0.05, 0.1) is 0 Å². The molecule has 2 aromatic heterocycles. The van der Waals surface area contributed by atoms with Crippen molar-refractivity contribution in [2.75, 3.05) is 6.54 Å². The van der Waals surface area contributed by atoms with E-state index >= 15 is 0 Å². The number of carbonyl (C=O) groups excluding carboxylic acids is 1. The topological polar surface area (TPSA) is 102 Å². The van der Waals surface area contributed by atoms with Gasteiger partial charge in [0.25, 0.3) is 5.56 Å². The monoisotopic (exact) mass is 331 g/mol. The van der Waals surface area contributed by atoms with Crippen molar-refractivity contribution < 1.29 is 4.79 Å². The molecule has 0 atom stereocenters. The van der Waals surface area contributed by atoms with Crippen LogP contribution in [0, 0.1) is 0 Å². The summed E-state index contributed by atoms with van der Waals surface area (Å²) in [4.78, 5) is 36.4. The Kier molecular flexibility index (Phi) is 4.93. The highest BCUT2D eigenvalue weighted by molar-refractivity contribution is 5.75. The zero-order valence-corrected chi connectivity index (χ0v) is 13.4. The first-order chi connectivity index (χ1) is 11.6. The van der Waals surface area contributed by atoms with E-state index in [9.17, 15) is 14.4 Å². The fourth-order valence-corrected chi connectivity index (χ4v) is 2.64. The largest absolute Gasteiger partial charge is 0.356 e. The number of carbonyl (C=O) groups is 1. The van der Waals surface area contributed by atoms with Crippen LogP contribution in [0.25, 0.3) is 0 Å². The number of nitrogens with zero attached hydrogens (tertiary/aromatic N) is 3. The van der Waals surface area contributed by atoms with E-state index in [1.54, 1.807) is 0 Å². The number of aromatic nitrogens is 4. The minimum Gasteiger partial charge on any atom is -0.356 e. The standard InChI is InChI=1S/C16H21N5O3/c22-14(5-10-20-11-6-15(23)19-16(20)24)17-7-1-9-21-13(4-8-18-21)12-2-3-12/h4,6,8,11-12H,1-3,5,7,9-10H2,(H,17,22)(H,19,23,24). The number of aryl methyl sites for hydroxylation is 2. The SMILES string of the molecule is O=C(CCn1ccc(=O)[nH]c1=O)NCCCn1nccc1C1CC1. The van der Waals surface area contributed by atoms with Gasteiger partial charge in [-0.2, -0.15) is 5.10 Å². The van der Waals surface area contributed by atoms with Gasteiger partial charge in [-0.15, -0.1) is 0 Å². The van der Waals surface area contributed by atoms with Crippen molar-refractivity contribution in [3.8, 4) is 0 Å². The Labute approximate surface area is 138 Å². The fraction of sp³-hybridized carbons (Fsp3) is 0.500. The molecule has 0 aliphatic heterocycles. The van der Waals surface area contributed by atoms with Gasteiger partial charge in [-0.3, -0.25) is 19.3 Å². The highest BCUT2D eigenvalue weighted by Gasteiger charge is 2.26. The number of H-pyrrole nitrogens is 1. The van der Waals surface area contributed by atoms with Crippen LogP contribution in [0.4, 0.5) is 0 Å². The molecule has 8 heteroatoms. The Balaban J connectivity index is 1.37. The molecular formula is C16H21N5O3. The van der Waals surface area contributed by atoms with E-state index in [2.05, 4.69) is 21.5 Å². The Morgan fingerprint density at radius 3 is 2.88 bits per heavy atom. The van der Waals surface area contributed by atoms with E-state index in [0.717, 1.165) is 13.0 Å². The normalized spacial score (nSPS) is 13.8. The first kappa shape index (κ1) is 16.2. The Bertz CT molecular complexity index is 815. The maximum Gasteiger partial charge on any atom is 0.328 e. The lowest BCUT2D eigenvalue weighted by molar-refractivity contribution is -0.121. The van der Waals surface area contributed by atoms with Gasteiger partial charge in [0.2, 0.25) is 5.91 Å². The van der Waals surface area contributed by atoms with E-state index in [1.165, 1.54) is 35.4 Å². The molecule has 1 aliphatic carbocycles. The highest BCUT2D eigenvalue weighted by Crippen LogP contribution is 2.39. The molecule has 0 spiro atoms. The van der Waals surface area contributed by atoms with Crippen LogP contribution < -0.4 is 16.6 Å². The minimum atomic E-state index is -0.499. The van der Waals surface area contributed by atoms with Crippen molar-refractivity contribution >= 4 is 5.91 Å². The van der Waals surface area contributed by atoms with Crippen LogP contribution in [0.1, 0.15) is 37.3 Å². The van der Waals surface area contributed by atoms with E-state index < -0.39 is 11.2 Å². The van der Waals surface area contributed by atoms with Crippen molar-refractivity contribution in [3.63, 3.8) is 0 Å². The van der Waals surface area contributed by atoms with Crippen LogP contribution in [0.2, 0.25) is 0 Å². The van der Waals surface area contributed by atoms with Gasteiger partial charge in [-0.05, 0) is 25.3 Å². The number of nitrogens with one attached hydrogen (secondary N) is 2. The van der Waals surface area contributed by atoms with Crippen molar-refractivity contribution in [2.45, 2.75) is 44.7 Å². The Morgan fingerprint density at radius 1 is 1.29 bits per heavy atom. The molecule has 0 radical (unpaired) electrons. The van der Waals surface area contributed by atoms with Gasteiger partial charge >= 0.3 is 5.69 Å². The zero-order chi connectivity index (χ0) is 16.9. The smallest absolute Gasteiger partial charge is 0.328 e. The zero-order valence-electron chi connectivity index (χ0n) is 13.4. The van der Waals surface area contributed by atoms with Crippen LogP contribution >= 0.6 is 0 Å². The van der Waals surface area contributed by atoms with Crippen LogP contribution in [-0.4, -0.2) is 31.8 Å². The summed E-state index contributed by atoms with van der Waals surface area (Å²) in [7, 11) is 0. The lowest BCUT2D eigenvalue weighted by Crippen LogP contribution is -2.31. The molecule has 8 nitrogen and oxygen atoms in total. The second-order valence-electron chi connectivity index (χ2n) is 6.01. The molecule has 0 unspecified atom stereocenters. The van der Waals surface area contributed by atoms with Gasteiger partial charge in [-0.1, -0.05) is 0 Å². The summed E-state index contributed by atoms with van der Waals surface area (Å²) in [6.45, 7) is 1.61. The second-order valence-corrected chi connectivity index (χ2v) is 6.01. The summed E-state index contributed by atoms with van der Waals surface area (Å²) in [5.74, 6) is 0.550. The van der Waals surface area contributed by atoms with Gasteiger partial charge in [0.1, 0.15) is 0 Å². The molecule has 1 fully saturated rings. The van der Waals surface area contributed by atoms with E-state index in [-0.39, 0.29) is 18.9 Å². The first-order valence-electron chi connectivity index (χ1n) is 8.21. The lowest BCUT2D eigenvalue weighted by Gasteiger charge is -2.08. The molecule has 2 aromatic rings. The third kappa shape index (κ3) is 4.21. The van der Waals surface area contributed by atoms with Crippen LogP contribution in [0.5, 0.6) is 0 Å². The second kappa shape index (κ2) is 7.29. The molecular weight excluding hydrogens is 310 g/mol. The van der Waals surface area contributed by atoms with Crippen LogP contribution in [-0.2, 0) is 17.9 Å².